The second-order valence-corrected chi connectivity index (χ2v) is 3.78. The number of hydrogen-bond donors (Lipinski definition) is 0. The summed E-state index contributed by atoms with van der Waals surface area (Å²) in [6, 6.07) is 0. The molecular formula is C10H6F13O2. The van der Waals surface area contributed by atoms with Crippen LogP contribution in [-0.2, 0) is 9.53 Å². The third-order valence-corrected chi connectivity index (χ3v) is 2.14. The van der Waals surface area contributed by atoms with Crippen molar-refractivity contribution in [2.75, 3.05) is 7.11 Å². The minimum Gasteiger partial charge on any atom is -0.466 e. The number of esters is 1. The maximum absolute atomic E-state index is 12.3. The van der Waals surface area contributed by atoms with E-state index in [0.29, 0.717) is 0 Å². The smallest absolute Gasteiger partial charge is 0.460 e. The highest BCUT2D eigenvalue weighted by Gasteiger charge is 2.88. The van der Waals surface area contributed by atoms with Gasteiger partial charge in [-0.25, -0.2) is 4.79 Å². The first-order chi connectivity index (χ1) is 10.8. The summed E-state index contributed by atoms with van der Waals surface area (Å²) in [5.41, 5.74) is 0. The first kappa shape index (κ1) is 25.5. The van der Waals surface area contributed by atoms with E-state index in [1.54, 1.807) is 0 Å². The van der Waals surface area contributed by atoms with E-state index >= 15 is 0 Å². The molecule has 0 atom stereocenters. The van der Waals surface area contributed by atoms with E-state index in [1.165, 1.54) is 7.11 Å². The van der Waals surface area contributed by atoms with Gasteiger partial charge in [0.25, 0.3) is 0 Å². The minimum absolute atomic E-state index is 0.394. The van der Waals surface area contributed by atoms with Gasteiger partial charge in [0.1, 0.15) is 0 Å². The van der Waals surface area contributed by atoms with E-state index < -0.39 is 42.3 Å². The van der Waals surface area contributed by atoms with E-state index in [0.717, 1.165) is 6.08 Å². The van der Waals surface area contributed by atoms with Gasteiger partial charge in [-0.3, -0.25) is 0 Å². The van der Waals surface area contributed by atoms with Crippen LogP contribution in [0.25, 0.3) is 0 Å². The average molecular weight is 405 g/mol. The Labute approximate surface area is 130 Å². The molecule has 0 bridgehead atoms. The molecule has 0 unspecified atom stereocenters. The van der Waals surface area contributed by atoms with Gasteiger partial charge in [0.15, 0.2) is 0 Å². The molecule has 0 aromatic heterocycles. The molecule has 0 saturated carbocycles. The van der Waals surface area contributed by atoms with Gasteiger partial charge in [-0.15, -0.1) is 0 Å². The Bertz CT molecular complexity index is 466. The number of rotatable bonds is 5. The number of hydrogen-bond acceptors (Lipinski definition) is 2. The Balaban J connectivity index is 0. The van der Waals surface area contributed by atoms with Crippen molar-refractivity contribution in [2.45, 2.75) is 29.9 Å². The molecule has 0 amide bonds. The number of carbonyl (C=O) groups is 1. The normalized spacial score (nSPS) is 13.9. The molecule has 0 aliphatic heterocycles. The van der Waals surface area contributed by atoms with Crippen LogP contribution in [0, 0.1) is 6.43 Å². The third kappa shape index (κ3) is 4.68. The Kier molecular flexibility index (Phi) is 7.84. The summed E-state index contributed by atoms with van der Waals surface area (Å²) in [7, 11) is 1.31. The van der Waals surface area contributed by atoms with Gasteiger partial charge < -0.3 is 4.74 Å². The number of halogens is 13. The summed E-state index contributed by atoms with van der Waals surface area (Å²) in [6.07, 6.45) is -11.0. The fourth-order valence-electron chi connectivity index (χ4n) is 0.774. The summed E-state index contributed by atoms with van der Waals surface area (Å²) < 4.78 is 158. The van der Waals surface area contributed by atoms with Crippen LogP contribution >= 0.6 is 0 Å². The molecule has 0 spiro atoms. The van der Waals surface area contributed by atoms with Crippen LogP contribution in [-0.4, -0.2) is 42.9 Å². The number of methoxy groups -OCH3 is 1. The van der Waals surface area contributed by atoms with E-state index in [1.807, 2.05) is 0 Å². The van der Waals surface area contributed by atoms with Crippen molar-refractivity contribution in [3.05, 3.63) is 19.1 Å². The lowest BCUT2D eigenvalue weighted by Gasteiger charge is -2.36. The zero-order valence-corrected chi connectivity index (χ0v) is 11.5. The Morgan fingerprint density at radius 1 is 0.800 bits per heavy atom. The number of ether oxygens (including phenoxy) is 1. The maximum Gasteiger partial charge on any atom is 0.460 e. The standard InChI is InChI=1S/C6F13.C4H6O2/c7-1(8)2(9,10)3(11,12)4(13,14)5(15,16)6(17,18)19;1-3-4(5)6-2/h;3H,1H2,2H3. The zero-order valence-electron chi connectivity index (χ0n) is 11.5. The van der Waals surface area contributed by atoms with Crippen molar-refractivity contribution in [3.8, 4) is 0 Å². The lowest BCUT2D eigenvalue weighted by atomic mass is 9.98. The summed E-state index contributed by atoms with van der Waals surface area (Å²) >= 11 is 0. The van der Waals surface area contributed by atoms with Gasteiger partial charge in [-0.05, 0) is 0 Å². The van der Waals surface area contributed by atoms with Gasteiger partial charge in [-0.2, -0.15) is 57.1 Å². The van der Waals surface area contributed by atoms with Crippen LogP contribution in [0.2, 0.25) is 0 Å². The molecule has 0 aromatic carbocycles. The molecule has 1 radical (unpaired) electrons. The Hall–Kier alpha value is -1.70. The minimum atomic E-state index is -7.80. The van der Waals surface area contributed by atoms with E-state index in [9.17, 15) is 61.9 Å². The highest BCUT2D eigenvalue weighted by molar-refractivity contribution is 5.80. The second-order valence-electron chi connectivity index (χ2n) is 3.78. The summed E-state index contributed by atoms with van der Waals surface area (Å²) in [5, 5.41) is 0. The summed E-state index contributed by atoms with van der Waals surface area (Å²) in [6.45, 7) is 3.16. The molecule has 0 N–H and O–H groups in total. The van der Waals surface area contributed by atoms with Crippen molar-refractivity contribution >= 4 is 5.97 Å². The van der Waals surface area contributed by atoms with Gasteiger partial charge in [0.2, 0.25) is 0 Å². The molecule has 149 valence electrons. The monoisotopic (exact) mass is 405 g/mol. The summed E-state index contributed by atoms with van der Waals surface area (Å²) in [5.74, 6) is -30.7. The van der Waals surface area contributed by atoms with Gasteiger partial charge in [-0.1, -0.05) is 6.58 Å². The zero-order chi connectivity index (χ0) is 21.1. The van der Waals surface area contributed by atoms with Gasteiger partial charge >= 0.3 is 42.3 Å². The largest absolute Gasteiger partial charge is 0.466 e. The fourth-order valence-corrected chi connectivity index (χ4v) is 0.774. The number of carbonyl (C=O) groups excluding carboxylic acids is 1. The summed E-state index contributed by atoms with van der Waals surface area (Å²) in [4.78, 5) is 9.84. The predicted molar refractivity (Wildman–Crippen MR) is 53.5 cm³/mol. The third-order valence-electron chi connectivity index (χ3n) is 2.14. The molecule has 0 saturated heterocycles. The first-order valence-electron chi connectivity index (χ1n) is 5.22. The van der Waals surface area contributed by atoms with Crippen molar-refractivity contribution in [2.24, 2.45) is 0 Å². The fraction of sp³-hybridized carbons (Fsp3) is 0.600. The van der Waals surface area contributed by atoms with Crippen LogP contribution in [0.5, 0.6) is 0 Å². The highest BCUT2D eigenvalue weighted by Crippen LogP contribution is 2.59. The molecule has 25 heavy (non-hydrogen) atoms. The second kappa shape index (κ2) is 7.68. The van der Waals surface area contributed by atoms with Crippen LogP contribution in [0.4, 0.5) is 57.1 Å². The lowest BCUT2D eigenvalue weighted by Crippen LogP contribution is -2.67. The highest BCUT2D eigenvalue weighted by atomic mass is 19.4. The number of alkyl halides is 11. The van der Waals surface area contributed by atoms with Crippen molar-refractivity contribution in [1.82, 2.24) is 0 Å². The predicted octanol–water partition coefficient (Wildman–Crippen LogP) is 4.86. The van der Waals surface area contributed by atoms with E-state index in [-0.39, 0.29) is 0 Å². The topological polar surface area (TPSA) is 26.3 Å². The van der Waals surface area contributed by atoms with Gasteiger partial charge in [0.05, 0.1) is 7.11 Å². The van der Waals surface area contributed by atoms with Crippen LogP contribution < -0.4 is 0 Å². The van der Waals surface area contributed by atoms with Crippen molar-refractivity contribution in [3.63, 3.8) is 0 Å². The Morgan fingerprint density at radius 3 is 1.32 bits per heavy atom. The van der Waals surface area contributed by atoms with Gasteiger partial charge in [0, 0.05) is 6.08 Å². The maximum atomic E-state index is 12.3. The molecule has 2 nitrogen and oxygen atoms in total. The SMILES string of the molecule is C=CC(=O)OC.F[C](F)C(F)(F)C(F)(F)C(F)(F)C(F)(F)C(F)(F)F. The van der Waals surface area contributed by atoms with E-state index in [2.05, 4.69) is 11.3 Å². The Morgan fingerprint density at radius 2 is 1.16 bits per heavy atom. The molecular weight excluding hydrogens is 399 g/mol. The molecule has 15 heteroatoms. The lowest BCUT2D eigenvalue weighted by molar-refractivity contribution is -0.424. The van der Waals surface area contributed by atoms with Crippen molar-refractivity contribution in [1.29, 1.82) is 0 Å². The molecule has 0 heterocycles. The molecule has 0 rings (SSSR count). The molecule has 0 aromatic rings. The quantitative estimate of drug-likeness (QED) is 0.371. The molecule has 0 aliphatic carbocycles. The van der Waals surface area contributed by atoms with Crippen LogP contribution in [0.15, 0.2) is 12.7 Å². The molecule has 0 aliphatic rings. The molecule has 0 fully saturated rings. The van der Waals surface area contributed by atoms with Crippen molar-refractivity contribution < 1.29 is 66.6 Å². The average Bonchev–Trinajstić information content (AvgIpc) is 2.44. The van der Waals surface area contributed by atoms with E-state index in [4.69, 9.17) is 0 Å². The van der Waals surface area contributed by atoms with Crippen LogP contribution in [0.1, 0.15) is 0 Å². The van der Waals surface area contributed by atoms with Crippen LogP contribution in [0.3, 0.4) is 0 Å². The first-order valence-corrected chi connectivity index (χ1v) is 5.22.